The molecule has 94 valence electrons. The molecule has 17 heavy (non-hydrogen) atoms. The van der Waals surface area contributed by atoms with Gasteiger partial charge in [0, 0.05) is 24.0 Å². The zero-order valence-electron chi connectivity index (χ0n) is 10.9. The molecule has 0 radical (unpaired) electrons. The van der Waals surface area contributed by atoms with Crippen molar-refractivity contribution in [3.8, 4) is 0 Å². The van der Waals surface area contributed by atoms with Gasteiger partial charge in [-0.2, -0.15) is 0 Å². The molecule has 0 bridgehead atoms. The van der Waals surface area contributed by atoms with Gasteiger partial charge in [-0.3, -0.25) is 14.7 Å². The highest BCUT2D eigenvalue weighted by molar-refractivity contribution is 5.69. The Morgan fingerprint density at radius 1 is 1.41 bits per heavy atom. The second kappa shape index (κ2) is 5.27. The van der Waals surface area contributed by atoms with Crippen molar-refractivity contribution >= 4 is 5.97 Å². The quantitative estimate of drug-likeness (QED) is 0.869. The largest absolute Gasteiger partial charge is 0.480 e. The number of hydrogen-bond donors (Lipinski definition) is 1. The summed E-state index contributed by atoms with van der Waals surface area (Å²) in [5.74, 6) is -0.806. The average molecular weight is 236 g/mol. The van der Waals surface area contributed by atoms with Crippen molar-refractivity contribution in [3.63, 3.8) is 0 Å². The summed E-state index contributed by atoms with van der Waals surface area (Å²) in [4.78, 5) is 17.0. The van der Waals surface area contributed by atoms with E-state index in [1.54, 1.807) is 6.20 Å². The third-order valence-corrected chi connectivity index (χ3v) is 2.62. The van der Waals surface area contributed by atoms with Gasteiger partial charge < -0.3 is 5.11 Å². The van der Waals surface area contributed by atoms with Crippen LogP contribution in [0.25, 0.3) is 0 Å². The summed E-state index contributed by atoms with van der Waals surface area (Å²) in [6.07, 6.45) is 1.80. The summed E-state index contributed by atoms with van der Waals surface area (Å²) in [5.41, 5.74) is 1.82. The first-order valence-electron chi connectivity index (χ1n) is 5.67. The molecule has 0 aliphatic rings. The smallest absolute Gasteiger partial charge is 0.317 e. The van der Waals surface area contributed by atoms with E-state index in [9.17, 15) is 4.79 Å². The molecule has 0 fully saturated rings. The number of hydrogen-bond acceptors (Lipinski definition) is 3. The van der Waals surface area contributed by atoms with E-state index >= 15 is 0 Å². The van der Waals surface area contributed by atoms with Gasteiger partial charge in [0.1, 0.15) is 0 Å². The fourth-order valence-electron chi connectivity index (χ4n) is 1.51. The van der Waals surface area contributed by atoms with Crippen molar-refractivity contribution in [1.82, 2.24) is 9.88 Å². The third-order valence-electron chi connectivity index (χ3n) is 2.62. The molecule has 0 saturated carbocycles. The van der Waals surface area contributed by atoms with Gasteiger partial charge in [0.05, 0.1) is 6.54 Å². The van der Waals surface area contributed by atoms with Crippen molar-refractivity contribution in [2.45, 2.75) is 39.8 Å². The second-order valence-corrected chi connectivity index (χ2v) is 5.23. The van der Waals surface area contributed by atoms with E-state index in [1.807, 2.05) is 44.7 Å². The number of carbonyl (C=O) groups is 1. The van der Waals surface area contributed by atoms with E-state index in [0.29, 0.717) is 6.54 Å². The molecule has 0 spiro atoms. The number of aromatic nitrogens is 1. The summed E-state index contributed by atoms with van der Waals surface area (Å²) in [6, 6.07) is 3.93. The minimum atomic E-state index is -0.806. The monoisotopic (exact) mass is 236 g/mol. The Morgan fingerprint density at radius 3 is 2.47 bits per heavy atom. The third kappa shape index (κ3) is 4.53. The number of aliphatic carboxylic acids is 1. The van der Waals surface area contributed by atoms with Crippen LogP contribution >= 0.6 is 0 Å². The fourth-order valence-corrected chi connectivity index (χ4v) is 1.51. The fraction of sp³-hybridized carbons (Fsp3) is 0.538. The Kier molecular flexibility index (Phi) is 4.23. The SMILES string of the molecule is Cc1ccc(CN(CC(=O)O)C(C)(C)C)cn1. The van der Waals surface area contributed by atoms with Crippen LogP contribution in [0.4, 0.5) is 0 Å². The molecule has 4 nitrogen and oxygen atoms in total. The molecule has 1 aromatic heterocycles. The summed E-state index contributed by atoms with van der Waals surface area (Å²) in [6.45, 7) is 8.61. The van der Waals surface area contributed by atoms with Crippen LogP contribution < -0.4 is 0 Å². The van der Waals surface area contributed by atoms with Gasteiger partial charge in [-0.1, -0.05) is 6.07 Å². The molecule has 0 saturated heterocycles. The van der Waals surface area contributed by atoms with Crippen molar-refractivity contribution in [2.24, 2.45) is 0 Å². The average Bonchev–Trinajstić information content (AvgIpc) is 2.18. The van der Waals surface area contributed by atoms with Gasteiger partial charge in [-0.25, -0.2) is 0 Å². The first-order chi connectivity index (χ1) is 7.79. The number of rotatable bonds is 4. The number of aryl methyl sites for hydroxylation is 1. The van der Waals surface area contributed by atoms with E-state index in [4.69, 9.17) is 5.11 Å². The maximum Gasteiger partial charge on any atom is 0.317 e. The highest BCUT2D eigenvalue weighted by Crippen LogP contribution is 2.16. The Labute approximate surface area is 102 Å². The van der Waals surface area contributed by atoms with Crippen LogP contribution in [-0.4, -0.2) is 33.0 Å². The van der Waals surface area contributed by atoms with Crippen LogP contribution in [-0.2, 0) is 11.3 Å². The second-order valence-electron chi connectivity index (χ2n) is 5.23. The lowest BCUT2D eigenvalue weighted by Gasteiger charge is -2.34. The van der Waals surface area contributed by atoms with Crippen molar-refractivity contribution < 1.29 is 9.90 Å². The molecular weight excluding hydrogens is 216 g/mol. The normalized spacial score (nSPS) is 11.8. The molecular formula is C13H20N2O2. The lowest BCUT2D eigenvalue weighted by Crippen LogP contribution is -2.43. The van der Waals surface area contributed by atoms with E-state index in [1.165, 1.54) is 0 Å². The first-order valence-corrected chi connectivity index (χ1v) is 5.67. The van der Waals surface area contributed by atoms with Crippen LogP contribution in [0.1, 0.15) is 32.0 Å². The number of carboxylic acid groups (broad SMARTS) is 1. The molecule has 1 N–H and O–H groups in total. The van der Waals surface area contributed by atoms with E-state index in [2.05, 4.69) is 4.98 Å². The van der Waals surface area contributed by atoms with E-state index < -0.39 is 5.97 Å². The van der Waals surface area contributed by atoms with Crippen LogP contribution in [0.2, 0.25) is 0 Å². The molecule has 0 amide bonds. The first kappa shape index (κ1) is 13.6. The lowest BCUT2D eigenvalue weighted by atomic mass is 10.0. The summed E-state index contributed by atoms with van der Waals surface area (Å²) in [5, 5.41) is 8.91. The highest BCUT2D eigenvalue weighted by Gasteiger charge is 2.23. The highest BCUT2D eigenvalue weighted by atomic mass is 16.4. The van der Waals surface area contributed by atoms with Crippen molar-refractivity contribution in [2.75, 3.05) is 6.54 Å². The van der Waals surface area contributed by atoms with E-state index in [-0.39, 0.29) is 12.1 Å². The van der Waals surface area contributed by atoms with Gasteiger partial charge in [-0.15, -0.1) is 0 Å². The Bertz CT molecular complexity index is 379. The number of nitrogens with zero attached hydrogens (tertiary/aromatic N) is 2. The Balaban J connectivity index is 2.79. The maximum absolute atomic E-state index is 10.8. The Morgan fingerprint density at radius 2 is 2.06 bits per heavy atom. The zero-order chi connectivity index (χ0) is 13.1. The summed E-state index contributed by atoms with van der Waals surface area (Å²) < 4.78 is 0. The topological polar surface area (TPSA) is 53.4 Å². The van der Waals surface area contributed by atoms with E-state index in [0.717, 1.165) is 11.3 Å². The zero-order valence-corrected chi connectivity index (χ0v) is 10.9. The molecule has 4 heteroatoms. The Hall–Kier alpha value is -1.42. The van der Waals surface area contributed by atoms with Gasteiger partial charge in [0.25, 0.3) is 0 Å². The van der Waals surface area contributed by atoms with Gasteiger partial charge >= 0.3 is 5.97 Å². The molecule has 0 aliphatic carbocycles. The molecule has 0 aromatic carbocycles. The van der Waals surface area contributed by atoms with Crippen LogP contribution in [0.5, 0.6) is 0 Å². The summed E-state index contributed by atoms with van der Waals surface area (Å²) in [7, 11) is 0. The standard InChI is InChI=1S/C13H20N2O2/c1-10-5-6-11(7-14-10)8-15(9-12(16)17)13(2,3)4/h5-7H,8-9H2,1-4H3,(H,16,17). The van der Waals surface area contributed by atoms with Gasteiger partial charge in [-0.05, 0) is 39.3 Å². The van der Waals surface area contributed by atoms with Gasteiger partial charge in [0.15, 0.2) is 0 Å². The molecule has 0 atom stereocenters. The number of pyridine rings is 1. The molecule has 1 rings (SSSR count). The van der Waals surface area contributed by atoms with Gasteiger partial charge in [0.2, 0.25) is 0 Å². The summed E-state index contributed by atoms with van der Waals surface area (Å²) >= 11 is 0. The predicted octanol–water partition coefficient (Wildman–Crippen LogP) is 2.08. The molecule has 0 unspecified atom stereocenters. The predicted molar refractivity (Wildman–Crippen MR) is 66.8 cm³/mol. The lowest BCUT2D eigenvalue weighted by molar-refractivity contribution is -0.139. The van der Waals surface area contributed by atoms with Crippen LogP contribution in [0, 0.1) is 6.92 Å². The number of carboxylic acids is 1. The molecule has 1 heterocycles. The molecule has 1 aromatic rings. The van der Waals surface area contributed by atoms with Crippen LogP contribution in [0.3, 0.4) is 0 Å². The van der Waals surface area contributed by atoms with Crippen molar-refractivity contribution in [3.05, 3.63) is 29.6 Å². The van der Waals surface area contributed by atoms with Crippen molar-refractivity contribution in [1.29, 1.82) is 0 Å². The minimum absolute atomic E-state index is 0.0391. The van der Waals surface area contributed by atoms with Crippen LogP contribution in [0.15, 0.2) is 18.3 Å². The maximum atomic E-state index is 10.8. The minimum Gasteiger partial charge on any atom is -0.480 e. The molecule has 0 aliphatic heterocycles.